The van der Waals surface area contributed by atoms with Crippen molar-refractivity contribution in [3.8, 4) is 45.3 Å². The molecule has 0 aromatic heterocycles. The minimum atomic E-state index is 0.0817. The van der Waals surface area contributed by atoms with Crippen LogP contribution in [-0.2, 0) is 9.47 Å². The molecule has 146 valence electrons. The van der Waals surface area contributed by atoms with Gasteiger partial charge in [0.05, 0.1) is 0 Å². The Bertz CT molecular complexity index is 826. The van der Waals surface area contributed by atoms with Crippen LogP contribution in [-0.4, -0.2) is 38.0 Å². The molecule has 0 atom stereocenters. The predicted molar refractivity (Wildman–Crippen MR) is 106 cm³/mol. The predicted octanol–water partition coefficient (Wildman–Crippen LogP) is 4.40. The lowest BCUT2D eigenvalue weighted by atomic mass is 9.97. The first kappa shape index (κ1) is 19.5. The number of benzene rings is 3. The summed E-state index contributed by atoms with van der Waals surface area (Å²) < 4.78 is 21.7. The van der Waals surface area contributed by atoms with Crippen LogP contribution < -0.4 is 9.47 Å². The van der Waals surface area contributed by atoms with Crippen molar-refractivity contribution in [3.05, 3.63) is 60.7 Å². The molecule has 0 aliphatic rings. The summed E-state index contributed by atoms with van der Waals surface area (Å²) in [6, 6.07) is 17.3. The zero-order valence-corrected chi connectivity index (χ0v) is 15.7. The van der Waals surface area contributed by atoms with Gasteiger partial charge in [0, 0.05) is 25.3 Å². The third-order valence-electron chi connectivity index (χ3n) is 4.10. The molecule has 2 N–H and O–H groups in total. The van der Waals surface area contributed by atoms with Crippen LogP contribution in [0.25, 0.3) is 22.3 Å². The molecule has 28 heavy (non-hydrogen) atoms. The maximum absolute atomic E-state index is 9.59. The smallest absolute Gasteiger partial charge is 0.188 e. The standard InChI is InChI=1S/C22H22O6/c1-25-13-27-21-11-20(16-5-9-18(24)10-6-16)22(28-14-26-2)12-19(21)15-3-7-17(23)8-4-15/h3-12,23-24H,13-14H2,1-2H3. The molecule has 0 unspecified atom stereocenters. The van der Waals surface area contributed by atoms with Crippen molar-refractivity contribution < 1.29 is 29.2 Å². The van der Waals surface area contributed by atoms with E-state index in [1.165, 1.54) is 0 Å². The summed E-state index contributed by atoms with van der Waals surface area (Å²) in [5, 5.41) is 19.2. The molecular weight excluding hydrogens is 360 g/mol. The molecule has 3 aromatic carbocycles. The molecule has 3 aromatic rings. The molecule has 0 spiro atoms. The highest BCUT2D eigenvalue weighted by atomic mass is 16.7. The molecule has 0 radical (unpaired) electrons. The van der Waals surface area contributed by atoms with Crippen LogP contribution in [0.15, 0.2) is 60.7 Å². The summed E-state index contributed by atoms with van der Waals surface area (Å²) in [7, 11) is 3.11. The summed E-state index contributed by atoms with van der Waals surface area (Å²) in [6.45, 7) is 0.163. The van der Waals surface area contributed by atoms with Crippen molar-refractivity contribution in [2.45, 2.75) is 0 Å². The fourth-order valence-corrected chi connectivity index (χ4v) is 2.78. The van der Waals surface area contributed by atoms with Crippen molar-refractivity contribution >= 4 is 0 Å². The van der Waals surface area contributed by atoms with E-state index in [2.05, 4.69) is 0 Å². The van der Waals surface area contributed by atoms with Crippen LogP contribution in [0.3, 0.4) is 0 Å². The number of aromatic hydroxyl groups is 2. The van der Waals surface area contributed by atoms with E-state index in [9.17, 15) is 10.2 Å². The van der Waals surface area contributed by atoms with Gasteiger partial charge in [-0.1, -0.05) is 24.3 Å². The Morgan fingerprint density at radius 3 is 1.29 bits per heavy atom. The van der Waals surface area contributed by atoms with Gasteiger partial charge in [-0.05, 0) is 47.5 Å². The van der Waals surface area contributed by atoms with E-state index in [4.69, 9.17) is 18.9 Å². The lowest BCUT2D eigenvalue weighted by Gasteiger charge is -2.18. The third-order valence-corrected chi connectivity index (χ3v) is 4.10. The number of rotatable bonds is 8. The molecule has 0 heterocycles. The fourth-order valence-electron chi connectivity index (χ4n) is 2.78. The SMILES string of the molecule is COCOc1cc(-c2ccc(O)cc2)c(OCOC)cc1-c1ccc(O)cc1. The molecule has 0 fully saturated rings. The summed E-state index contributed by atoms with van der Waals surface area (Å²) in [6.07, 6.45) is 0. The Morgan fingerprint density at radius 1 is 0.607 bits per heavy atom. The van der Waals surface area contributed by atoms with Crippen LogP contribution in [0.2, 0.25) is 0 Å². The highest BCUT2D eigenvalue weighted by molar-refractivity contribution is 5.81. The molecular formula is C22H22O6. The van der Waals surface area contributed by atoms with E-state index < -0.39 is 0 Å². The van der Waals surface area contributed by atoms with Crippen molar-refractivity contribution in [3.63, 3.8) is 0 Å². The van der Waals surface area contributed by atoms with Crippen LogP contribution >= 0.6 is 0 Å². The summed E-state index contributed by atoms with van der Waals surface area (Å²) >= 11 is 0. The van der Waals surface area contributed by atoms with Gasteiger partial charge in [-0.25, -0.2) is 0 Å². The maximum atomic E-state index is 9.59. The molecule has 0 amide bonds. The number of phenols is 2. The lowest BCUT2D eigenvalue weighted by molar-refractivity contribution is 0.0490. The normalized spacial score (nSPS) is 10.6. The van der Waals surface area contributed by atoms with Crippen molar-refractivity contribution in [1.82, 2.24) is 0 Å². The topological polar surface area (TPSA) is 77.4 Å². The van der Waals surface area contributed by atoms with Crippen molar-refractivity contribution in [1.29, 1.82) is 0 Å². The van der Waals surface area contributed by atoms with E-state index in [1.54, 1.807) is 62.8 Å². The van der Waals surface area contributed by atoms with Gasteiger partial charge in [-0.2, -0.15) is 0 Å². The van der Waals surface area contributed by atoms with Crippen molar-refractivity contribution in [2.24, 2.45) is 0 Å². The van der Waals surface area contributed by atoms with Crippen LogP contribution in [0.4, 0.5) is 0 Å². The van der Waals surface area contributed by atoms with E-state index >= 15 is 0 Å². The van der Waals surface area contributed by atoms with Gasteiger partial charge >= 0.3 is 0 Å². The van der Waals surface area contributed by atoms with Gasteiger partial charge in [0.25, 0.3) is 0 Å². The zero-order chi connectivity index (χ0) is 19.9. The van der Waals surface area contributed by atoms with Gasteiger partial charge in [0.2, 0.25) is 0 Å². The third kappa shape index (κ3) is 4.54. The second-order valence-electron chi connectivity index (χ2n) is 6.04. The van der Waals surface area contributed by atoms with Crippen molar-refractivity contribution in [2.75, 3.05) is 27.8 Å². The monoisotopic (exact) mass is 382 g/mol. The van der Waals surface area contributed by atoms with E-state index in [1.807, 2.05) is 12.1 Å². The Balaban J connectivity index is 2.15. The first-order valence-corrected chi connectivity index (χ1v) is 8.62. The highest BCUT2D eigenvalue weighted by Gasteiger charge is 2.16. The zero-order valence-electron chi connectivity index (χ0n) is 15.7. The van der Waals surface area contributed by atoms with Gasteiger partial charge in [-0.3, -0.25) is 0 Å². The molecule has 0 saturated heterocycles. The number of phenolic OH excluding ortho intramolecular Hbond substituents is 2. The first-order chi connectivity index (χ1) is 13.6. The average molecular weight is 382 g/mol. The van der Waals surface area contributed by atoms with Gasteiger partial charge in [-0.15, -0.1) is 0 Å². The number of hydrogen-bond donors (Lipinski definition) is 2. The minimum absolute atomic E-state index is 0.0817. The molecule has 6 nitrogen and oxygen atoms in total. The average Bonchev–Trinajstić information content (AvgIpc) is 2.72. The Labute approximate surface area is 163 Å². The van der Waals surface area contributed by atoms with Gasteiger partial charge in [0.1, 0.15) is 23.0 Å². The van der Waals surface area contributed by atoms with E-state index in [-0.39, 0.29) is 25.1 Å². The second kappa shape index (κ2) is 9.12. The van der Waals surface area contributed by atoms with E-state index in [0.29, 0.717) is 11.5 Å². The molecule has 0 aliphatic heterocycles. The Morgan fingerprint density at radius 2 is 0.964 bits per heavy atom. The number of ether oxygens (including phenoxy) is 4. The van der Waals surface area contributed by atoms with Gasteiger partial charge in [0.15, 0.2) is 13.6 Å². The summed E-state index contributed by atoms with van der Waals surface area (Å²) in [4.78, 5) is 0. The highest BCUT2D eigenvalue weighted by Crippen LogP contribution is 2.41. The number of methoxy groups -OCH3 is 2. The number of hydrogen-bond acceptors (Lipinski definition) is 6. The van der Waals surface area contributed by atoms with E-state index in [0.717, 1.165) is 22.3 Å². The second-order valence-corrected chi connectivity index (χ2v) is 6.04. The Kier molecular flexibility index (Phi) is 6.37. The largest absolute Gasteiger partial charge is 0.508 e. The Hall–Kier alpha value is -3.22. The molecule has 0 bridgehead atoms. The fraction of sp³-hybridized carbons (Fsp3) is 0.182. The quantitative estimate of drug-likeness (QED) is 0.563. The lowest BCUT2D eigenvalue weighted by Crippen LogP contribution is -2.04. The molecule has 0 aliphatic carbocycles. The van der Waals surface area contributed by atoms with Crippen LogP contribution in [0.1, 0.15) is 0 Å². The summed E-state index contributed by atoms with van der Waals surface area (Å²) in [5.74, 6) is 1.56. The molecule has 6 heteroatoms. The minimum Gasteiger partial charge on any atom is -0.508 e. The maximum Gasteiger partial charge on any atom is 0.188 e. The first-order valence-electron chi connectivity index (χ1n) is 8.62. The summed E-state index contributed by atoms with van der Waals surface area (Å²) in [5.41, 5.74) is 3.27. The van der Waals surface area contributed by atoms with Crippen LogP contribution in [0, 0.1) is 0 Å². The van der Waals surface area contributed by atoms with Crippen LogP contribution in [0.5, 0.6) is 23.0 Å². The molecule has 3 rings (SSSR count). The molecule has 0 saturated carbocycles. The van der Waals surface area contributed by atoms with Gasteiger partial charge < -0.3 is 29.2 Å².